The number of nitrogens with one attached hydrogen (secondary N) is 3. The fourth-order valence-corrected chi connectivity index (χ4v) is 1.53. The van der Waals surface area contributed by atoms with Crippen LogP contribution < -0.4 is 16.0 Å². The van der Waals surface area contributed by atoms with Crippen molar-refractivity contribution in [1.29, 1.82) is 0 Å². The molecule has 0 spiro atoms. The normalized spacial score (nSPS) is 19.8. The highest BCUT2D eigenvalue weighted by Gasteiger charge is 2.23. The van der Waals surface area contributed by atoms with Crippen LogP contribution in [0, 0.1) is 5.92 Å². The lowest BCUT2D eigenvalue weighted by molar-refractivity contribution is -0.128. The SMILES string of the molecule is CNC(=O)CCNC(=O)C1CCC(=O)NC1. The Hall–Kier alpha value is -1.59. The number of rotatable bonds is 4. The molecular formula is C10H17N3O3. The second kappa shape index (κ2) is 6.09. The van der Waals surface area contributed by atoms with E-state index in [0.717, 1.165) is 0 Å². The molecular weight excluding hydrogens is 210 g/mol. The number of carbonyl (C=O) groups is 3. The van der Waals surface area contributed by atoms with Crippen molar-refractivity contribution in [2.45, 2.75) is 19.3 Å². The Kier molecular flexibility index (Phi) is 4.75. The standard InChI is InChI=1S/C10H17N3O3/c1-11-8(14)4-5-12-10(16)7-2-3-9(15)13-6-7/h7H,2-6H2,1H3,(H,11,14)(H,12,16)(H,13,15). The summed E-state index contributed by atoms with van der Waals surface area (Å²) in [5, 5.41) is 7.80. The second-order valence-electron chi connectivity index (χ2n) is 3.75. The minimum atomic E-state index is -0.164. The van der Waals surface area contributed by atoms with Crippen molar-refractivity contribution in [3.05, 3.63) is 0 Å². The first kappa shape index (κ1) is 12.5. The van der Waals surface area contributed by atoms with Crippen LogP contribution in [0.3, 0.4) is 0 Å². The molecule has 1 rings (SSSR count). The first-order valence-corrected chi connectivity index (χ1v) is 5.38. The van der Waals surface area contributed by atoms with Gasteiger partial charge in [0.05, 0.1) is 5.92 Å². The summed E-state index contributed by atoms with van der Waals surface area (Å²) >= 11 is 0. The molecule has 1 aliphatic heterocycles. The first-order chi connectivity index (χ1) is 7.63. The molecule has 0 aliphatic carbocycles. The number of amides is 3. The largest absolute Gasteiger partial charge is 0.359 e. The molecule has 0 radical (unpaired) electrons. The molecule has 1 heterocycles. The zero-order valence-corrected chi connectivity index (χ0v) is 9.34. The van der Waals surface area contributed by atoms with Crippen molar-refractivity contribution >= 4 is 17.7 Å². The van der Waals surface area contributed by atoms with Gasteiger partial charge in [0, 0.05) is 33.0 Å². The van der Waals surface area contributed by atoms with Gasteiger partial charge in [-0.25, -0.2) is 0 Å². The number of piperidine rings is 1. The lowest BCUT2D eigenvalue weighted by Crippen LogP contribution is -2.43. The Morgan fingerprint density at radius 1 is 1.50 bits per heavy atom. The molecule has 0 aromatic rings. The van der Waals surface area contributed by atoms with Crippen molar-refractivity contribution < 1.29 is 14.4 Å². The van der Waals surface area contributed by atoms with Gasteiger partial charge in [0.25, 0.3) is 0 Å². The zero-order chi connectivity index (χ0) is 12.0. The predicted octanol–water partition coefficient (Wildman–Crippen LogP) is -1.24. The van der Waals surface area contributed by atoms with Crippen LogP contribution in [0.2, 0.25) is 0 Å². The molecule has 1 saturated heterocycles. The van der Waals surface area contributed by atoms with E-state index in [1.54, 1.807) is 7.05 Å². The molecule has 0 aromatic heterocycles. The average molecular weight is 227 g/mol. The Balaban J connectivity index is 2.20. The van der Waals surface area contributed by atoms with Crippen molar-refractivity contribution in [3.63, 3.8) is 0 Å². The van der Waals surface area contributed by atoms with Gasteiger partial charge < -0.3 is 16.0 Å². The lowest BCUT2D eigenvalue weighted by Gasteiger charge is -2.21. The minimum Gasteiger partial charge on any atom is -0.359 e. The summed E-state index contributed by atoms with van der Waals surface area (Å²) in [6.45, 7) is 0.730. The summed E-state index contributed by atoms with van der Waals surface area (Å²) in [4.78, 5) is 33.4. The molecule has 6 heteroatoms. The van der Waals surface area contributed by atoms with E-state index in [4.69, 9.17) is 0 Å². The summed E-state index contributed by atoms with van der Waals surface area (Å²) in [7, 11) is 1.56. The van der Waals surface area contributed by atoms with Crippen molar-refractivity contribution in [1.82, 2.24) is 16.0 Å². The van der Waals surface area contributed by atoms with Gasteiger partial charge >= 0.3 is 0 Å². The molecule has 1 aliphatic rings. The number of hydrogen-bond donors (Lipinski definition) is 3. The van der Waals surface area contributed by atoms with Gasteiger partial charge in [0.1, 0.15) is 0 Å². The summed E-state index contributed by atoms with van der Waals surface area (Å²) < 4.78 is 0. The maximum Gasteiger partial charge on any atom is 0.224 e. The molecule has 0 aromatic carbocycles. The van der Waals surface area contributed by atoms with Crippen LogP contribution in [0.25, 0.3) is 0 Å². The van der Waals surface area contributed by atoms with Crippen LogP contribution in [-0.4, -0.2) is 37.9 Å². The van der Waals surface area contributed by atoms with E-state index in [2.05, 4.69) is 16.0 Å². The summed E-state index contributed by atoms with van der Waals surface area (Å²) in [6.07, 6.45) is 1.26. The van der Waals surface area contributed by atoms with E-state index in [-0.39, 0.29) is 30.1 Å². The van der Waals surface area contributed by atoms with Crippen LogP contribution in [0.4, 0.5) is 0 Å². The average Bonchev–Trinajstić information content (AvgIpc) is 2.29. The van der Waals surface area contributed by atoms with Crippen LogP contribution in [0.15, 0.2) is 0 Å². The Morgan fingerprint density at radius 2 is 2.25 bits per heavy atom. The van der Waals surface area contributed by atoms with Crippen molar-refractivity contribution in [2.24, 2.45) is 5.92 Å². The van der Waals surface area contributed by atoms with Gasteiger partial charge in [-0.3, -0.25) is 14.4 Å². The Morgan fingerprint density at radius 3 is 2.81 bits per heavy atom. The van der Waals surface area contributed by atoms with Crippen LogP contribution in [0.1, 0.15) is 19.3 Å². The molecule has 1 atom stereocenters. The maximum atomic E-state index is 11.6. The minimum absolute atomic E-state index is 0.00518. The molecule has 6 nitrogen and oxygen atoms in total. The van der Waals surface area contributed by atoms with Crippen LogP contribution in [0.5, 0.6) is 0 Å². The maximum absolute atomic E-state index is 11.6. The van der Waals surface area contributed by atoms with Gasteiger partial charge in [-0.05, 0) is 6.42 Å². The highest BCUT2D eigenvalue weighted by molar-refractivity contribution is 5.84. The Bertz CT molecular complexity index is 281. The highest BCUT2D eigenvalue weighted by Crippen LogP contribution is 2.10. The quantitative estimate of drug-likeness (QED) is 0.561. The smallest absolute Gasteiger partial charge is 0.224 e. The summed E-state index contributed by atoms with van der Waals surface area (Å²) in [5.74, 6) is -0.363. The monoisotopic (exact) mass is 227 g/mol. The van der Waals surface area contributed by atoms with Crippen molar-refractivity contribution in [2.75, 3.05) is 20.1 Å². The molecule has 1 fully saturated rings. The van der Waals surface area contributed by atoms with E-state index in [0.29, 0.717) is 25.9 Å². The number of hydrogen-bond acceptors (Lipinski definition) is 3. The molecule has 3 amide bonds. The van der Waals surface area contributed by atoms with E-state index in [1.807, 2.05) is 0 Å². The summed E-state index contributed by atoms with van der Waals surface area (Å²) in [5.41, 5.74) is 0. The van der Waals surface area contributed by atoms with Gasteiger partial charge in [-0.2, -0.15) is 0 Å². The van der Waals surface area contributed by atoms with Crippen LogP contribution >= 0.6 is 0 Å². The Labute approximate surface area is 94.2 Å². The van der Waals surface area contributed by atoms with E-state index >= 15 is 0 Å². The first-order valence-electron chi connectivity index (χ1n) is 5.38. The third kappa shape index (κ3) is 3.88. The topological polar surface area (TPSA) is 87.3 Å². The third-order valence-corrected chi connectivity index (χ3v) is 2.57. The zero-order valence-electron chi connectivity index (χ0n) is 9.34. The molecule has 16 heavy (non-hydrogen) atoms. The van der Waals surface area contributed by atoms with Gasteiger partial charge in [0.2, 0.25) is 17.7 Å². The highest BCUT2D eigenvalue weighted by atomic mass is 16.2. The van der Waals surface area contributed by atoms with E-state index in [1.165, 1.54) is 0 Å². The molecule has 0 bridgehead atoms. The van der Waals surface area contributed by atoms with Gasteiger partial charge in [-0.15, -0.1) is 0 Å². The fraction of sp³-hybridized carbons (Fsp3) is 0.700. The van der Waals surface area contributed by atoms with Gasteiger partial charge in [0.15, 0.2) is 0 Å². The second-order valence-corrected chi connectivity index (χ2v) is 3.75. The molecule has 1 unspecified atom stereocenters. The van der Waals surface area contributed by atoms with Crippen molar-refractivity contribution in [3.8, 4) is 0 Å². The lowest BCUT2D eigenvalue weighted by atomic mass is 9.98. The fourth-order valence-electron chi connectivity index (χ4n) is 1.53. The number of carbonyl (C=O) groups excluding carboxylic acids is 3. The third-order valence-electron chi connectivity index (χ3n) is 2.57. The van der Waals surface area contributed by atoms with E-state index < -0.39 is 0 Å². The van der Waals surface area contributed by atoms with Gasteiger partial charge in [-0.1, -0.05) is 0 Å². The molecule has 3 N–H and O–H groups in total. The van der Waals surface area contributed by atoms with Crippen LogP contribution in [-0.2, 0) is 14.4 Å². The molecule has 0 saturated carbocycles. The molecule has 90 valence electrons. The van der Waals surface area contributed by atoms with E-state index in [9.17, 15) is 14.4 Å². The summed E-state index contributed by atoms with van der Waals surface area (Å²) in [6, 6.07) is 0. The predicted molar refractivity (Wildman–Crippen MR) is 57.4 cm³/mol.